The molecule has 0 radical (unpaired) electrons. The Kier molecular flexibility index (Phi) is 1.35. The van der Waals surface area contributed by atoms with Gasteiger partial charge in [-0.2, -0.15) is 0 Å². The average molecular weight is 111 g/mol. The van der Waals surface area contributed by atoms with E-state index in [2.05, 4.69) is 0 Å². The summed E-state index contributed by atoms with van der Waals surface area (Å²) < 4.78 is 0. The molecule has 2 heteroatoms. The van der Waals surface area contributed by atoms with E-state index in [0.29, 0.717) is 12.2 Å². The van der Waals surface area contributed by atoms with Crippen molar-refractivity contribution in [2.45, 2.75) is 12.5 Å². The van der Waals surface area contributed by atoms with Crippen molar-refractivity contribution in [3.63, 3.8) is 0 Å². The first-order valence-corrected chi connectivity index (χ1v) is 2.61. The van der Waals surface area contributed by atoms with Crippen molar-refractivity contribution >= 4 is 0 Å². The number of rotatable bonds is 0. The van der Waals surface area contributed by atoms with Gasteiger partial charge in [-0.3, -0.25) is 0 Å². The third kappa shape index (κ3) is 1.10. The molecule has 44 valence electrons. The average Bonchev–Trinajstić information content (AvgIpc) is 1.64. The van der Waals surface area contributed by atoms with Crippen LogP contribution in [0.25, 0.3) is 0 Å². The van der Waals surface area contributed by atoms with Crippen LogP contribution >= 0.6 is 0 Å². The smallest absolute Gasteiger partial charge is 0.0941 e. The summed E-state index contributed by atoms with van der Waals surface area (Å²) in [5, 5.41) is 8.81. The first-order valence-electron chi connectivity index (χ1n) is 2.61. The quantitative estimate of drug-likeness (QED) is 0.483. The van der Waals surface area contributed by atoms with E-state index in [1.165, 1.54) is 0 Å². The topological polar surface area (TPSA) is 46.2 Å². The third-order valence-corrected chi connectivity index (χ3v) is 1.09. The zero-order valence-electron chi connectivity index (χ0n) is 4.54. The number of hydrogen-bond donors (Lipinski definition) is 2. The molecule has 0 bridgehead atoms. The molecule has 0 heterocycles. The predicted molar refractivity (Wildman–Crippen MR) is 32.4 cm³/mol. The lowest BCUT2D eigenvalue weighted by Gasteiger charge is -2.07. The normalized spacial score (nSPS) is 27.6. The lowest BCUT2D eigenvalue weighted by molar-refractivity contribution is 0.380. The highest BCUT2D eigenvalue weighted by atomic mass is 16.3. The fourth-order valence-electron chi connectivity index (χ4n) is 0.687. The molecule has 0 amide bonds. The largest absolute Gasteiger partial charge is 0.512 e. The zero-order valence-corrected chi connectivity index (χ0v) is 4.54. The van der Waals surface area contributed by atoms with Gasteiger partial charge in [-0.05, 0) is 6.08 Å². The first kappa shape index (κ1) is 5.38. The van der Waals surface area contributed by atoms with E-state index in [1.807, 2.05) is 6.08 Å². The molecule has 2 nitrogen and oxygen atoms in total. The van der Waals surface area contributed by atoms with Crippen molar-refractivity contribution in [2.75, 3.05) is 0 Å². The van der Waals surface area contributed by atoms with Crippen molar-refractivity contribution in [2.24, 2.45) is 5.73 Å². The summed E-state index contributed by atoms with van der Waals surface area (Å²) in [4.78, 5) is 0. The third-order valence-electron chi connectivity index (χ3n) is 1.09. The van der Waals surface area contributed by atoms with Gasteiger partial charge in [0.15, 0.2) is 0 Å². The molecule has 0 aromatic carbocycles. The first-order chi connectivity index (χ1) is 3.79. The number of aliphatic hydroxyl groups excluding tert-OH is 1. The number of hydrogen-bond acceptors (Lipinski definition) is 2. The van der Waals surface area contributed by atoms with Gasteiger partial charge in [-0.1, -0.05) is 12.2 Å². The second-order valence-electron chi connectivity index (χ2n) is 1.91. The zero-order chi connectivity index (χ0) is 5.98. The van der Waals surface area contributed by atoms with E-state index in [9.17, 15) is 0 Å². The Labute approximate surface area is 48.3 Å². The van der Waals surface area contributed by atoms with Gasteiger partial charge in [-0.15, -0.1) is 0 Å². The molecule has 3 N–H and O–H groups in total. The summed E-state index contributed by atoms with van der Waals surface area (Å²) in [5.41, 5.74) is 5.44. The van der Waals surface area contributed by atoms with Crippen LogP contribution in [0.15, 0.2) is 24.0 Å². The van der Waals surface area contributed by atoms with Gasteiger partial charge in [0.1, 0.15) is 0 Å². The Morgan fingerprint density at radius 3 is 2.88 bits per heavy atom. The minimum absolute atomic E-state index is 0.0139. The highest BCUT2D eigenvalue weighted by molar-refractivity contribution is 5.16. The molecule has 0 saturated carbocycles. The van der Waals surface area contributed by atoms with Crippen molar-refractivity contribution in [3.8, 4) is 0 Å². The second-order valence-corrected chi connectivity index (χ2v) is 1.91. The lowest BCUT2D eigenvalue weighted by Crippen LogP contribution is -2.18. The highest BCUT2D eigenvalue weighted by Crippen LogP contribution is 2.06. The fourth-order valence-corrected chi connectivity index (χ4v) is 0.687. The van der Waals surface area contributed by atoms with E-state index < -0.39 is 0 Å². The standard InChI is InChI=1S/C6H9NO/c7-5-2-1-3-6(8)4-5/h1-3,5,8H,4,7H2/t5-/m1/s1. The Hall–Kier alpha value is -0.760. The molecule has 0 saturated heterocycles. The van der Waals surface area contributed by atoms with E-state index >= 15 is 0 Å². The van der Waals surface area contributed by atoms with Gasteiger partial charge in [0.05, 0.1) is 5.76 Å². The van der Waals surface area contributed by atoms with Crippen molar-refractivity contribution in [1.29, 1.82) is 0 Å². The van der Waals surface area contributed by atoms with E-state index in [4.69, 9.17) is 10.8 Å². The van der Waals surface area contributed by atoms with Crippen LogP contribution in [0.1, 0.15) is 6.42 Å². The maximum atomic E-state index is 8.81. The summed E-state index contributed by atoms with van der Waals surface area (Å²) in [5.74, 6) is 0.375. The van der Waals surface area contributed by atoms with Crippen LogP contribution in [0.3, 0.4) is 0 Å². The molecule has 1 aliphatic carbocycles. The van der Waals surface area contributed by atoms with Gasteiger partial charge < -0.3 is 10.8 Å². The summed E-state index contributed by atoms with van der Waals surface area (Å²) >= 11 is 0. The van der Waals surface area contributed by atoms with Crippen molar-refractivity contribution < 1.29 is 5.11 Å². The molecule has 0 aromatic heterocycles. The number of allylic oxidation sites excluding steroid dienone is 2. The Morgan fingerprint density at radius 1 is 1.75 bits per heavy atom. The molecule has 8 heavy (non-hydrogen) atoms. The Bertz CT molecular complexity index is 137. The van der Waals surface area contributed by atoms with E-state index in [0.717, 1.165) is 0 Å². The van der Waals surface area contributed by atoms with Crippen molar-refractivity contribution in [3.05, 3.63) is 24.0 Å². The van der Waals surface area contributed by atoms with Crippen LogP contribution in [0, 0.1) is 0 Å². The van der Waals surface area contributed by atoms with Gasteiger partial charge in [-0.25, -0.2) is 0 Å². The minimum atomic E-state index is 0.0139. The summed E-state index contributed by atoms with van der Waals surface area (Å²) in [7, 11) is 0. The Morgan fingerprint density at radius 2 is 2.50 bits per heavy atom. The monoisotopic (exact) mass is 111 g/mol. The SMILES string of the molecule is N[C@@H]1C=CC=C(O)C1. The second kappa shape index (κ2) is 2.01. The molecule has 0 aliphatic heterocycles. The van der Waals surface area contributed by atoms with Crippen molar-refractivity contribution in [1.82, 2.24) is 0 Å². The minimum Gasteiger partial charge on any atom is -0.512 e. The summed E-state index contributed by atoms with van der Waals surface area (Å²) in [6, 6.07) is 0.0139. The number of nitrogens with two attached hydrogens (primary N) is 1. The maximum Gasteiger partial charge on any atom is 0.0941 e. The lowest BCUT2D eigenvalue weighted by atomic mass is 10.1. The molecule has 1 rings (SSSR count). The van der Waals surface area contributed by atoms with E-state index in [-0.39, 0.29) is 6.04 Å². The van der Waals surface area contributed by atoms with Gasteiger partial charge in [0.25, 0.3) is 0 Å². The maximum absolute atomic E-state index is 8.81. The molecular formula is C6H9NO. The predicted octanol–water partition coefficient (Wildman–Crippen LogP) is 0.716. The molecule has 0 aromatic rings. The van der Waals surface area contributed by atoms with Crippen LogP contribution in [-0.2, 0) is 0 Å². The summed E-state index contributed by atoms with van der Waals surface area (Å²) in [6.45, 7) is 0. The van der Waals surface area contributed by atoms with Gasteiger partial charge in [0, 0.05) is 12.5 Å². The Balaban J connectivity index is 2.59. The molecule has 0 spiro atoms. The molecular weight excluding hydrogens is 102 g/mol. The van der Waals surface area contributed by atoms with Gasteiger partial charge in [0.2, 0.25) is 0 Å². The molecule has 1 aliphatic rings. The van der Waals surface area contributed by atoms with Crippen LogP contribution in [0.4, 0.5) is 0 Å². The van der Waals surface area contributed by atoms with Crippen LogP contribution in [-0.4, -0.2) is 11.1 Å². The fraction of sp³-hybridized carbons (Fsp3) is 0.333. The summed E-state index contributed by atoms with van der Waals surface area (Å²) in [6.07, 6.45) is 5.86. The van der Waals surface area contributed by atoms with Crippen LogP contribution < -0.4 is 5.73 Å². The molecule has 1 atom stereocenters. The molecule has 0 fully saturated rings. The van der Waals surface area contributed by atoms with E-state index in [1.54, 1.807) is 12.2 Å². The highest BCUT2D eigenvalue weighted by Gasteiger charge is 2.02. The molecule has 0 unspecified atom stereocenters. The van der Waals surface area contributed by atoms with Crippen LogP contribution in [0.2, 0.25) is 0 Å². The van der Waals surface area contributed by atoms with Crippen LogP contribution in [0.5, 0.6) is 0 Å². The number of aliphatic hydroxyl groups is 1. The van der Waals surface area contributed by atoms with Gasteiger partial charge >= 0.3 is 0 Å².